The van der Waals surface area contributed by atoms with Crippen molar-refractivity contribution in [3.05, 3.63) is 34.1 Å². The summed E-state index contributed by atoms with van der Waals surface area (Å²) >= 11 is 2.99. The fourth-order valence-electron chi connectivity index (χ4n) is 1.58. The first kappa shape index (κ1) is 15.1. The molecule has 0 fully saturated rings. The second kappa shape index (κ2) is 5.97. The van der Waals surface area contributed by atoms with E-state index in [4.69, 9.17) is 10.3 Å². The smallest absolute Gasteiger partial charge is 0.228 e. The van der Waals surface area contributed by atoms with Crippen LogP contribution < -0.4 is 5.73 Å². The van der Waals surface area contributed by atoms with E-state index in [1.54, 1.807) is 0 Å². The van der Waals surface area contributed by atoms with Crippen LogP contribution in [0, 0.1) is 17.6 Å². The zero-order valence-electron chi connectivity index (χ0n) is 11.0. The molecule has 7 heteroatoms. The summed E-state index contributed by atoms with van der Waals surface area (Å²) in [6.45, 7) is 3.99. The lowest BCUT2D eigenvalue weighted by molar-refractivity contribution is 0.353. The zero-order chi connectivity index (χ0) is 14.9. The number of hydrogen-bond acceptors (Lipinski definition) is 4. The highest BCUT2D eigenvalue weighted by Crippen LogP contribution is 2.30. The van der Waals surface area contributed by atoms with Gasteiger partial charge in [-0.2, -0.15) is 4.98 Å². The van der Waals surface area contributed by atoms with Crippen molar-refractivity contribution in [3.63, 3.8) is 0 Å². The molecule has 1 heterocycles. The highest BCUT2D eigenvalue weighted by Gasteiger charge is 2.18. The number of hydrogen-bond donors (Lipinski definition) is 1. The van der Waals surface area contributed by atoms with E-state index in [2.05, 4.69) is 26.1 Å². The lowest BCUT2D eigenvalue weighted by Gasteiger charge is -2.11. The van der Waals surface area contributed by atoms with Crippen LogP contribution in [-0.4, -0.2) is 16.2 Å². The standard InChI is InChI=1S/C13H14BrF2N3O/c1-6(2)9(17)5-10-18-13(19-20-10)7-3-4-8(15)12(16)11(7)14/h3-4,6,9H,5,17H2,1-2H3. The minimum absolute atomic E-state index is 0.0296. The van der Waals surface area contributed by atoms with Crippen LogP contribution in [-0.2, 0) is 6.42 Å². The third-order valence-corrected chi connectivity index (χ3v) is 3.79. The average molecular weight is 346 g/mol. The van der Waals surface area contributed by atoms with Crippen molar-refractivity contribution in [2.45, 2.75) is 26.3 Å². The summed E-state index contributed by atoms with van der Waals surface area (Å²) in [5.74, 6) is -1.07. The predicted molar refractivity (Wildman–Crippen MR) is 73.9 cm³/mol. The number of benzene rings is 1. The third kappa shape index (κ3) is 3.04. The highest BCUT2D eigenvalue weighted by molar-refractivity contribution is 9.10. The van der Waals surface area contributed by atoms with Gasteiger partial charge in [0.15, 0.2) is 11.6 Å². The van der Waals surface area contributed by atoms with Gasteiger partial charge in [-0.1, -0.05) is 19.0 Å². The Morgan fingerprint density at radius 2 is 2.05 bits per heavy atom. The van der Waals surface area contributed by atoms with Gasteiger partial charge in [-0.3, -0.25) is 0 Å². The van der Waals surface area contributed by atoms with Crippen molar-refractivity contribution in [3.8, 4) is 11.4 Å². The summed E-state index contributed by atoms with van der Waals surface area (Å²) in [6, 6.07) is 2.31. The van der Waals surface area contributed by atoms with E-state index in [1.807, 2.05) is 13.8 Å². The average Bonchev–Trinajstić information content (AvgIpc) is 2.84. The van der Waals surface area contributed by atoms with Crippen molar-refractivity contribution < 1.29 is 13.3 Å². The normalized spacial score (nSPS) is 12.9. The molecule has 0 radical (unpaired) electrons. The molecule has 1 unspecified atom stereocenters. The minimum atomic E-state index is -0.979. The number of nitrogens with two attached hydrogens (primary N) is 1. The Morgan fingerprint density at radius 3 is 2.70 bits per heavy atom. The Hall–Kier alpha value is -1.34. The van der Waals surface area contributed by atoms with Gasteiger partial charge in [-0.15, -0.1) is 0 Å². The molecule has 0 aliphatic heterocycles. The van der Waals surface area contributed by atoms with Crippen molar-refractivity contribution in [2.24, 2.45) is 11.7 Å². The summed E-state index contributed by atoms with van der Waals surface area (Å²) in [4.78, 5) is 4.16. The number of rotatable bonds is 4. The van der Waals surface area contributed by atoms with Crippen LogP contribution in [0.15, 0.2) is 21.1 Å². The van der Waals surface area contributed by atoms with Crippen molar-refractivity contribution in [2.75, 3.05) is 0 Å². The SMILES string of the molecule is CC(C)C(N)Cc1nc(-c2ccc(F)c(F)c2Br)no1. The van der Waals surface area contributed by atoms with E-state index in [1.165, 1.54) is 6.07 Å². The molecule has 4 nitrogen and oxygen atoms in total. The van der Waals surface area contributed by atoms with E-state index < -0.39 is 11.6 Å². The molecule has 1 aromatic heterocycles. The Kier molecular flexibility index (Phi) is 4.49. The van der Waals surface area contributed by atoms with Gasteiger partial charge in [0.05, 0.1) is 4.47 Å². The lowest BCUT2D eigenvalue weighted by Crippen LogP contribution is -2.28. The molecule has 0 bridgehead atoms. The first-order valence-electron chi connectivity index (χ1n) is 6.12. The first-order valence-corrected chi connectivity index (χ1v) is 6.91. The van der Waals surface area contributed by atoms with E-state index >= 15 is 0 Å². The molecule has 108 valence electrons. The second-order valence-corrected chi connectivity index (χ2v) is 5.64. The van der Waals surface area contributed by atoms with E-state index in [0.29, 0.717) is 17.9 Å². The summed E-state index contributed by atoms with van der Waals surface area (Å²) < 4.78 is 31.6. The first-order chi connectivity index (χ1) is 9.40. The summed E-state index contributed by atoms with van der Waals surface area (Å²) in [7, 11) is 0. The van der Waals surface area contributed by atoms with E-state index in [0.717, 1.165) is 6.07 Å². The van der Waals surface area contributed by atoms with Crippen molar-refractivity contribution >= 4 is 15.9 Å². The van der Waals surface area contributed by atoms with Crippen molar-refractivity contribution in [1.82, 2.24) is 10.1 Å². The van der Waals surface area contributed by atoms with Gasteiger partial charge >= 0.3 is 0 Å². The molecule has 0 spiro atoms. The summed E-state index contributed by atoms with van der Waals surface area (Å²) in [5.41, 5.74) is 6.25. The molecule has 1 aromatic carbocycles. The minimum Gasteiger partial charge on any atom is -0.339 e. The zero-order valence-corrected chi connectivity index (χ0v) is 12.6. The van der Waals surface area contributed by atoms with Crippen LogP contribution in [0.5, 0.6) is 0 Å². The van der Waals surface area contributed by atoms with Crippen LogP contribution in [0.3, 0.4) is 0 Å². The quantitative estimate of drug-likeness (QED) is 0.863. The van der Waals surface area contributed by atoms with Gasteiger partial charge in [0.25, 0.3) is 0 Å². The van der Waals surface area contributed by atoms with E-state index in [9.17, 15) is 8.78 Å². The maximum atomic E-state index is 13.5. The molecule has 20 heavy (non-hydrogen) atoms. The van der Waals surface area contributed by atoms with E-state index in [-0.39, 0.29) is 22.3 Å². The Balaban J connectivity index is 2.27. The molecular weight excluding hydrogens is 332 g/mol. The molecule has 2 rings (SSSR count). The Labute approximate surface area is 123 Å². The molecule has 0 aliphatic rings. The van der Waals surface area contributed by atoms with Gasteiger partial charge in [0.1, 0.15) is 0 Å². The molecule has 2 N–H and O–H groups in total. The van der Waals surface area contributed by atoms with Crippen molar-refractivity contribution in [1.29, 1.82) is 0 Å². The summed E-state index contributed by atoms with van der Waals surface area (Å²) in [5, 5.41) is 3.77. The molecule has 2 aromatic rings. The molecule has 1 atom stereocenters. The number of nitrogens with zero attached hydrogens (tertiary/aromatic N) is 2. The Bertz CT molecular complexity index is 616. The topological polar surface area (TPSA) is 64.9 Å². The monoisotopic (exact) mass is 345 g/mol. The largest absolute Gasteiger partial charge is 0.339 e. The summed E-state index contributed by atoms with van der Waals surface area (Å²) in [6.07, 6.45) is 0.436. The number of halogens is 3. The molecule has 0 aliphatic carbocycles. The van der Waals surface area contributed by atoms with Crippen LogP contribution in [0.4, 0.5) is 8.78 Å². The highest BCUT2D eigenvalue weighted by atomic mass is 79.9. The van der Waals surface area contributed by atoms with Gasteiger partial charge in [-0.25, -0.2) is 8.78 Å². The molecular formula is C13H14BrF2N3O. The third-order valence-electron chi connectivity index (χ3n) is 3.01. The van der Waals surface area contributed by atoms with Crippen LogP contribution in [0.25, 0.3) is 11.4 Å². The molecule has 0 amide bonds. The Morgan fingerprint density at radius 1 is 1.35 bits per heavy atom. The van der Waals surface area contributed by atoms with Crippen LogP contribution >= 0.6 is 15.9 Å². The van der Waals surface area contributed by atoms with Gasteiger partial charge < -0.3 is 10.3 Å². The maximum Gasteiger partial charge on any atom is 0.228 e. The van der Waals surface area contributed by atoms with Gasteiger partial charge in [-0.05, 0) is 34.0 Å². The predicted octanol–water partition coefficient (Wildman–Crippen LogP) is 3.30. The molecule has 0 saturated heterocycles. The fourth-order valence-corrected chi connectivity index (χ4v) is 2.08. The molecule has 0 saturated carbocycles. The number of aromatic nitrogens is 2. The van der Waals surface area contributed by atoms with Crippen LogP contribution in [0.1, 0.15) is 19.7 Å². The maximum absolute atomic E-state index is 13.5. The second-order valence-electron chi connectivity index (χ2n) is 4.85. The van der Waals surface area contributed by atoms with Gasteiger partial charge in [0.2, 0.25) is 11.7 Å². The van der Waals surface area contributed by atoms with Gasteiger partial charge in [0, 0.05) is 18.0 Å². The fraction of sp³-hybridized carbons (Fsp3) is 0.385. The lowest BCUT2D eigenvalue weighted by atomic mass is 10.0. The van der Waals surface area contributed by atoms with Crippen LogP contribution in [0.2, 0.25) is 0 Å².